The molecule has 26 heavy (non-hydrogen) atoms. The maximum atomic E-state index is 12.3. The predicted molar refractivity (Wildman–Crippen MR) is 97.4 cm³/mol. The average Bonchev–Trinajstić information content (AvgIpc) is 3.19. The first-order valence-corrected chi connectivity index (χ1v) is 9.93. The molecule has 1 N–H and O–H groups in total. The van der Waals surface area contributed by atoms with Crippen LogP contribution in [0.3, 0.4) is 0 Å². The summed E-state index contributed by atoms with van der Waals surface area (Å²) in [5.74, 6) is 2.82. The summed E-state index contributed by atoms with van der Waals surface area (Å²) in [5.41, 5.74) is 0.990. The van der Waals surface area contributed by atoms with Gasteiger partial charge in [-0.25, -0.2) is 0 Å². The Kier molecular flexibility index (Phi) is 5.01. The zero-order valence-electron chi connectivity index (χ0n) is 14.7. The van der Waals surface area contributed by atoms with Crippen LogP contribution in [0, 0.1) is 0 Å². The maximum Gasteiger partial charge on any atom is 0.231 e. The highest BCUT2D eigenvalue weighted by Gasteiger charge is 2.19. The van der Waals surface area contributed by atoms with E-state index in [9.17, 15) is 4.79 Å². The topological polar surface area (TPSA) is 78.3 Å². The van der Waals surface area contributed by atoms with E-state index in [1.54, 1.807) is 0 Å². The minimum Gasteiger partial charge on any atom is -0.454 e. The van der Waals surface area contributed by atoms with Gasteiger partial charge in [0.15, 0.2) is 16.7 Å². The van der Waals surface area contributed by atoms with Crippen molar-refractivity contribution in [3.05, 3.63) is 29.6 Å². The first kappa shape index (κ1) is 17.2. The lowest BCUT2D eigenvalue weighted by molar-refractivity contribution is -0.119. The number of amides is 1. The maximum absolute atomic E-state index is 12.3. The first-order valence-electron chi connectivity index (χ1n) is 8.94. The van der Waals surface area contributed by atoms with E-state index < -0.39 is 0 Å². The molecule has 0 saturated heterocycles. The van der Waals surface area contributed by atoms with Crippen LogP contribution in [0.5, 0.6) is 11.5 Å². The Morgan fingerprint density at radius 1 is 1.27 bits per heavy atom. The van der Waals surface area contributed by atoms with Gasteiger partial charge in [-0.2, -0.15) is 0 Å². The van der Waals surface area contributed by atoms with Gasteiger partial charge >= 0.3 is 0 Å². The Morgan fingerprint density at radius 2 is 2.15 bits per heavy atom. The number of nitrogens with one attached hydrogen (secondary N) is 1. The molecule has 2 aromatic rings. The van der Waals surface area contributed by atoms with Gasteiger partial charge in [0.05, 0.1) is 11.8 Å². The molecule has 2 aliphatic heterocycles. The first-order chi connectivity index (χ1) is 12.7. The number of thioether (sulfide) groups is 1. The molecule has 0 aliphatic carbocycles. The molecule has 1 aromatic heterocycles. The van der Waals surface area contributed by atoms with Crippen molar-refractivity contribution in [2.24, 2.45) is 0 Å². The average molecular weight is 374 g/mol. The van der Waals surface area contributed by atoms with Gasteiger partial charge in [0, 0.05) is 13.0 Å². The second-order valence-electron chi connectivity index (χ2n) is 6.55. The van der Waals surface area contributed by atoms with Crippen molar-refractivity contribution in [2.75, 3.05) is 12.5 Å². The standard InChI is InChI=1S/C18H22N4O3S/c1-12(13-6-7-14-15(9-13)25-11-24-14)19-17(23)10-26-18-21-20-16-5-3-2-4-8-22(16)18/h6-7,9,12H,2-5,8,10-11H2,1H3,(H,19,23)/t12-/m1/s1. The summed E-state index contributed by atoms with van der Waals surface area (Å²) in [4.78, 5) is 12.3. The number of hydrogen-bond acceptors (Lipinski definition) is 6. The lowest BCUT2D eigenvalue weighted by Crippen LogP contribution is -2.28. The molecule has 4 rings (SSSR count). The summed E-state index contributed by atoms with van der Waals surface area (Å²) in [5, 5.41) is 12.4. The summed E-state index contributed by atoms with van der Waals surface area (Å²) in [6.45, 7) is 3.15. The van der Waals surface area contributed by atoms with Gasteiger partial charge in [0.1, 0.15) is 5.82 Å². The SMILES string of the molecule is C[C@@H](NC(=O)CSc1nnc2n1CCCCC2)c1ccc2c(c1)OCO2. The molecule has 7 nitrogen and oxygen atoms in total. The molecular formula is C18H22N4O3S. The lowest BCUT2D eigenvalue weighted by Gasteiger charge is -2.14. The Hall–Kier alpha value is -2.22. The van der Waals surface area contributed by atoms with Crippen molar-refractivity contribution in [1.29, 1.82) is 0 Å². The third kappa shape index (κ3) is 3.65. The van der Waals surface area contributed by atoms with Crippen LogP contribution in [0.1, 0.15) is 43.6 Å². The molecular weight excluding hydrogens is 352 g/mol. The number of aromatic nitrogens is 3. The highest BCUT2D eigenvalue weighted by atomic mass is 32.2. The molecule has 1 aromatic carbocycles. The summed E-state index contributed by atoms with van der Waals surface area (Å²) in [6.07, 6.45) is 4.50. The molecule has 2 aliphatic rings. The predicted octanol–water partition coefficient (Wildman–Crippen LogP) is 2.70. The summed E-state index contributed by atoms with van der Waals surface area (Å²) in [7, 11) is 0. The molecule has 0 fully saturated rings. The Balaban J connectivity index is 1.33. The van der Waals surface area contributed by atoms with E-state index in [0.717, 1.165) is 53.9 Å². The summed E-state index contributed by atoms with van der Waals surface area (Å²) < 4.78 is 12.9. The number of rotatable bonds is 5. The molecule has 0 spiro atoms. The van der Waals surface area contributed by atoms with Crippen LogP contribution in [0.25, 0.3) is 0 Å². The fraction of sp³-hybridized carbons (Fsp3) is 0.500. The van der Waals surface area contributed by atoms with Crippen LogP contribution < -0.4 is 14.8 Å². The summed E-state index contributed by atoms with van der Waals surface area (Å²) >= 11 is 1.45. The van der Waals surface area contributed by atoms with E-state index in [-0.39, 0.29) is 18.7 Å². The molecule has 0 radical (unpaired) electrons. The number of carbonyl (C=O) groups is 1. The molecule has 138 valence electrons. The zero-order valence-corrected chi connectivity index (χ0v) is 15.6. The van der Waals surface area contributed by atoms with Gasteiger partial charge in [0.2, 0.25) is 12.7 Å². The Labute approximate surface area is 156 Å². The van der Waals surface area contributed by atoms with Crippen LogP contribution in [0.4, 0.5) is 0 Å². The second kappa shape index (κ2) is 7.57. The largest absolute Gasteiger partial charge is 0.454 e. The van der Waals surface area contributed by atoms with E-state index in [0.29, 0.717) is 5.75 Å². The number of hydrogen-bond donors (Lipinski definition) is 1. The van der Waals surface area contributed by atoms with Gasteiger partial charge in [-0.3, -0.25) is 4.79 Å². The third-order valence-corrected chi connectivity index (χ3v) is 5.65. The number of carbonyl (C=O) groups excluding carboxylic acids is 1. The van der Waals surface area contributed by atoms with Gasteiger partial charge in [-0.1, -0.05) is 24.2 Å². The second-order valence-corrected chi connectivity index (χ2v) is 7.49. The van der Waals surface area contributed by atoms with Crippen LogP contribution in [-0.4, -0.2) is 33.2 Å². The quantitative estimate of drug-likeness (QED) is 0.811. The number of fused-ring (bicyclic) bond motifs is 2. The minimum atomic E-state index is -0.104. The van der Waals surface area contributed by atoms with Crippen molar-refractivity contribution in [3.8, 4) is 11.5 Å². The van der Waals surface area contributed by atoms with Gasteiger partial charge in [-0.05, 0) is 37.5 Å². The number of ether oxygens (including phenoxy) is 2. The zero-order chi connectivity index (χ0) is 17.9. The smallest absolute Gasteiger partial charge is 0.231 e. The molecule has 1 atom stereocenters. The number of aryl methyl sites for hydroxylation is 1. The van der Waals surface area contributed by atoms with Crippen molar-refractivity contribution in [3.63, 3.8) is 0 Å². The van der Waals surface area contributed by atoms with Crippen LogP contribution in [0.15, 0.2) is 23.4 Å². The van der Waals surface area contributed by atoms with Crippen molar-refractivity contribution in [1.82, 2.24) is 20.1 Å². The van der Waals surface area contributed by atoms with E-state index in [2.05, 4.69) is 20.1 Å². The summed E-state index contributed by atoms with van der Waals surface area (Å²) in [6, 6.07) is 5.64. The van der Waals surface area contributed by atoms with Gasteiger partial charge < -0.3 is 19.4 Å². The van der Waals surface area contributed by atoms with Crippen molar-refractivity contribution < 1.29 is 14.3 Å². The van der Waals surface area contributed by atoms with Gasteiger partial charge in [-0.15, -0.1) is 10.2 Å². The fourth-order valence-electron chi connectivity index (χ4n) is 3.24. The van der Waals surface area contributed by atoms with E-state index >= 15 is 0 Å². The van der Waals surface area contributed by atoms with Crippen molar-refractivity contribution >= 4 is 17.7 Å². The molecule has 1 amide bonds. The third-order valence-electron chi connectivity index (χ3n) is 4.68. The molecule has 8 heteroatoms. The van der Waals surface area contributed by atoms with E-state index in [4.69, 9.17) is 9.47 Å². The Morgan fingerprint density at radius 3 is 3.08 bits per heavy atom. The van der Waals surface area contributed by atoms with Crippen LogP contribution in [-0.2, 0) is 17.8 Å². The normalized spacial score (nSPS) is 16.7. The van der Waals surface area contributed by atoms with Crippen LogP contribution >= 0.6 is 11.8 Å². The minimum absolute atomic E-state index is 0.0221. The lowest BCUT2D eigenvalue weighted by atomic mass is 10.1. The highest BCUT2D eigenvalue weighted by Crippen LogP contribution is 2.34. The monoisotopic (exact) mass is 374 g/mol. The highest BCUT2D eigenvalue weighted by molar-refractivity contribution is 7.99. The molecule has 0 bridgehead atoms. The van der Waals surface area contributed by atoms with E-state index in [1.165, 1.54) is 18.2 Å². The molecule has 0 unspecified atom stereocenters. The molecule has 0 saturated carbocycles. The van der Waals surface area contributed by atoms with E-state index in [1.807, 2.05) is 25.1 Å². The number of nitrogens with zero attached hydrogens (tertiary/aromatic N) is 3. The molecule has 3 heterocycles. The van der Waals surface area contributed by atoms with Crippen LogP contribution in [0.2, 0.25) is 0 Å². The number of benzene rings is 1. The van der Waals surface area contributed by atoms with Crippen molar-refractivity contribution in [2.45, 2.75) is 50.4 Å². The Bertz CT molecular complexity index is 808. The van der Waals surface area contributed by atoms with Gasteiger partial charge in [0.25, 0.3) is 0 Å². The fourth-order valence-corrected chi connectivity index (χ4v) is 4.04.